The number of hydrogen-bond acceptors (Lipinski definition) is 2. The van der Waals surface area contributed by atoms with E-state index in [9.17, 15) is 9.59 Å². The van der Waals surface area contributed by atoms with Crippen molar-refractivity contribution in [2.24, 2.45) is 0 Å². The second-order valence-electron chi connectivity index (χ2n) is 5.26. The molecule has 0 aliphatic carbocycles. The number of amides is 2. The van der Waals surface area contributed by atoms with Crippen LogP contribution < -0.4 is 0 Å². The average Bonchev–Trinajstić information content (AvgIpc) is 2.40. The number of rotatable bonds is 3. The second-order valence-corrected chi connectivity index (χ2v) is 5.67. The third-order valence-corrected chi connectivity index (χ3v) is 3.90. The Morgan fingerprint density at radius 1 is 1.30 bits per heavy atom. The van der Waals surface area contributed by atoms with E-state index < -0.39 is 0 Å². The highest BCUT2D eigenvalue weighted by atomic mass is 35.5. The Morgan fingerprint density at radius 3 is 2.60 bits per heavy atom. The van der Waals surface area contributed by atoms with E-state index in [1.165, 1.54) is 0 Å². The van der Waals surface area contributed by atoms with E-state index in [2.05, 4.69) is 0 Å². The molecule has 0 N–H and O–H groups in total. The van der Waals surface area contributed by atoms with Crippen LogP contribution in [0.2, 0.25) is 5.02 Å². The third kappa shape index (κ3) is 3.31. The Balaban J connectivity index is 1.98. The minimum absolute atomic E-state index is 0.0127. The Morgan fingerprint density at radius 2 is 2.00 bits per heavy atom. The number of hydrogen-bond donors (Lipinski definition) is 0. The molecule has 1 aromatic carbocycles. The van der Waals surface area contributed by atoms with E-state index in [0.29, 0.717) is 18.1 Å². The van der Waals surface area contributed by atoms with E-state index in [4.69, 9.17) is 11.6 Å². The molecule has 2 rings (SSSR count). The van der Waals surface area contributed by atoms with Gasteiger partial charge in [0.05, 0.1) is 13.0 Å². The fraction of sp³-hybridized carbons (Fsp3) is 0.467. The van der Waals surface area contributed by atoms with Gasteiger partial charge in [0, 0.05) is 24.2 Å². The zero-order valence-electron chi connectivity index (χ0n) is 11.8. The lowest BCUT2D eigenvalue weighted by Crippen LogP contribution is -2.54. The Kier molecular flexibility index (Phi) is 4.65. The SMILES string of the molecule is CC(C)N1CCN(C(=O)Cc2ccccc2Cl)CC1=O. The quantitative estimate of drug-likeness (QED) is 0.855. The van der Waals surface area contributed by atoms with Gasteiger partial charge in [-0.1, -0.05) is 29.8 Å². The molecule has 2 amide bonds. The van der Waals surface area contributed by atoms with E-state index in [1.807, 2.05) is 32.0 Å². The molecule has 1 fully saturated rings. The first-order valence-corrected chi connectivity index (χ1v) is 7.17. The summed E-state index contributed by atoms with van der Waals surface area (Å²) in [7, 11) is 0. The molecule has 1 aromatic rings. The van der Waals surface area contributed by atoms with Gasteiger partial charge in [0.25, 0.3) is 0 Å². The molecule has 108 valence electrons. The first kappa shape index (κ1) is 14.9. The summed E-state index contributed by atoms with van der Waals surface area (Å²) in [6.45, 7) is 5.33. The lowest BCUT2D eigenvalue weighted by molar-refractivity contribution is -0.146. The maximum absolute atomic E-state index is 12.2. The molecule has 0 unspecified atom stereocenters. The van der Waals surface area contributed by atoms with Gasteiger partial charge in [0.15, 0.2) is 0 Å². The molecule has 4 nitrogen and oxygen atoms in total. The van der Waals surface area contributed by atoms with Crippen LogP contribution in [0.25, 0.3) is 0 Å². The zero-order chi connectivity index (χ0) is 14.7. The van der Waals surface area contributed by atoms with Crippen LogP contribution in [0.15, 0.2) is 24.3 Å². The van der Waals surface area contributed by atoms with Crippen LogP contribution in [-0.4, -0.2) is 47.3 Å². The van der Waals surface area contributed by atoms with Crippen LogP contribution in [0.4, 0.5) is 0 Å². The minimum Gasteiger partial charge on any atom is -0.337 e. The third-order valence-electron chi connectivity index (χ3n) is 3.53. The van der Waals surface area contributed by atoms with Gasteiger partial charge >= 0.3 is 0 Å². The van der Waals surface area contributed by atoms with Gasteiger partial charge in [-0.15, -0.1) is 0 Å². The molecule has 1 saturated heterocycles. The molecule has 0 spiro atoms. The van der Waals surface area contributed by atoms with Crippen molar-refractivity contribution in [2.75, 3.05) is 19.6 Å². The molecule has 1 heterocycles. The topological polar surface area (TPSA) is 40.6 Å². The second kappa shape index (κ2) is 6.27. The maximum Gasteiger partial charge on any atom is 0.242 e. The lowest BCUT2D eigenvalue weighted by Gasteiger charge is -2.36. The summed E-state index contributed by atoms with van der Waals surface area (Å²) in [6.07, 6.45) is 0.245. The largest absolute Gasteiger partial charge is 0.337 e. The van der Waals surface area contributed by atoms with Gasteiger partial charge in [-0.05, 0) is 25.5 Å². The Labute approximate surface area is 124 Å². The van der Waals surface area contributed by atoms with Crippen LogP contribution in [0.5, 0.6) is 0 Å². The van der Waals surface area contributed by atoms with E-state index >= 15 is 0 Å². The Bertz CT molecular complexity index is 516. The highest BCUT2D eigenvalue weighted by Crippen LogP contribution is 2.17. The van der Waals surface area contributed by atoms with Crippen molar-refractivity contribution < 1.29 is 9.59 Å². The monoisotopic (exact) mass is 294 g/mol. The predicted molar refractivity (Wildman–Crippen MR) is 78.6 cm³/mol. The Hall–Kier alpha value is -1.55. The van der Waals surface area contributed by atoms with Crippen LogP contribution in [0, 0.1) is 0 Å². The predicted octanol–water partition coefficient (Wildman–Crippen LogP) is 1.96. The molecular weight excluding hydrogens is 276 g/mol. The van der Waals surface area contributed by atoms with E-state index in [-0.39, 0.29) is 30.8 Å². The van der Waals surface area contributed by atoms with Crippen molar-refractivity contribution in [1.29, 1.82) is 0 Å². The van der Waals surface area contributed by atoms with Crippen molar-refractivity contribution in [3.8, 4) is 0 Å². The van der Waals surface area contributed by atoms with Crippen molar-refractivity contribution in [3.05, 3.63) is 34.9 Å². The number of carbonyl (C=O) groups excluding carboxylic acids is 2. The number of carbonyl (C=O) groups is 2. The molecule has 20 heavy (non-hydrogen) atoms. The summed E-state index contributed by atoms with van der Waals surface area (Å²) < 4.78 is 0. The molecule has 0 aromatic heterocycles. The van der Waals surface area contributed by atoms with Crippen LogP contribution in [0.1, 0.15) is 19.4 Å². The standard InChI is InChI=1S/C15H19ClN2O2/c1-11(2)18-8-7-17(10-15(18)20)14(19)9-12-5-3-4-6-13(12)16/h3-6,11H,7-10H2,1-2H3. The molecule has 0 bridgehead atoms. The number of nitrogens with zero attached hydrogens (tertiary/aromatic N) is 2. The molecular formula is C15H19ClN2O2. The lowest BCUT2D eigenvalue weighted by atomic mass is 10.1. The van der Waals surface area contributed by atoms with Gasteiger partial charge < -0.3 is 9.80 Å². The first-order valence-electron chi connectivity index (χ1n) is 6.79. The summed E-state index contributed by atoms with van der Waals surface area (Å²) in [5, 5.41) is 0.591. The van der Waals surface area contributed by atoms with Crippen LogP contribution in [-0.2, 0) is 16.0 Å². The van der Waals surface area contributed by atoms with Crippen molar-refractivity contribution >= 4 is 23.4 Å². The molecule has 0 atom stereocenters. The normalized spacial score (nSPS) is 15.9. The van der Waals surface area contributed by atoms with E-state index in [1.54, 1.807) is 15.9 Å². The molecule has 1 aliphatic rings. The van der Waals surface area contributed by atoms with Crippen molar-refractivity contribution in [2.45, 2.75) is 26.3 Å². The summed E-state index contributed by atoms with van der Waals surface area (Å²) in [5.41, 5.74) is 0.804. The zero-order valence-corrected chi connectivity index (χ0v) is 12.6. The van der Waals surface area contributed by atoms with Crippen LogP contribution >= 0.6 is 11.6 Å². The van der Waals surface area contributed by atoms with E-state index in [0.717, 1.165) is 5.56 Å². The minimum atomic E-state index is -0.0464. The molecule has 0 radical (unpaired) electrons. The number of piperazine rings is 1. The maximum atomic E-state index is 12.2. The highest BCUT2D eigenvalue weighted by Gasteiger charge is 2.28. The molecule has 1 aliphatic heterocycles. The van der Waals surface area contributed by atoms with Gasteiger partial charge in [-0.2, -0.15) is 0 Å². The van der Waals surface area contributed by atoms with Crippen LogP contribution in [0.3, 0.4) is 0 Å². The number of benzene rings is 1. The average molecular weight is 295 g/mol. The molecule has 0 saturated carbocycles. The van der Waals surface area contributed by atoms with Gasteiger partial charge in [-0.25, -0.2) is 0 Å². The summed E-state index contributed by atoms with van der Waals surface area (Å²) in [4.78, 5) is 27.6. The summed E-state index contributed by atoms with van der Waals surface area (Å²) in [5.74, 6) is -0.0337. The van der Waals surface area contributed by atoms with Gasteiger partial charge in [0.2, 0.25) is 11.8 Å². The fourth-order valence-electron chi connectivity index (χ4n) is 2.36. The highest BCUT2D eigenvalue weighted by molar-refractivity contribution is 6.31. The summed E-state index contributed by atoms with van der Waals surface area (Å²) >= 11 is 6.05. The first-order chi connectivity index (χ1) is 9.49. The molecule has 5 heteroatoms. The number of halogens is 1. The van der Waals surface area contributed by atoms with Crippen molar-refractivity contribution in [1.82, 2.24) is 9.80 Å². The van der Waals surface area contributed by atoms with Crippen molar-refractivity contribution in [3.63, 3.8) is 0 Å². The summed E-state index contributed by atoms with van der Waals surface area (Å²) in [6, 6.07) is 7.49. The van der Waals surface area contributed by atoms with Gasteiger partial charge in [-0.3, -0.25) is 9.59 Å². The van der Waals surface area contributed by atoms with Gasteiger partial charge in [0.1, 0.15) is 0 Å². The smallest absolute Gasteiger partial charge is 0.242 e. The fourth-order valence-corrected chi connectivity index (χ4v) is 2.56.